The van der Waals surface area contributed by atoms with Crippen molar-refractivity contribution in [2.24, 2.45) is 0 Å². The lowest BCUT2D eigenvalue weighted by Crippen LogP contribution is -2.30. The number of amides is 1. The molecule has 1 atom stereocenters. The zero-order valence-corrected chi connectivity index (χ0v) is 16.4. The molecule has 3 heterocycles. The number of rotatable bonds is 4. The van der Waals surface area contributed by atoms with Crippen LogP contribution in [0.3, 0.4) is 0 Å². The molecule has 0 N–H and O–H groups in total. The molecule has 150 valence electrons. The van der Waals surface area contributed by atoms with Gasteiger partial charge < -0.3 is 9.47 Å². The molecular formula is C23H25FN4O. The van der Waals surface area contributed by atoms with E-state index < -0.39 is 0 Å². The molecule has 1 aromatic carbocycles. The molecule has 2 aromatic heterocycles. The van der Waals surface area contributed by atoms with Crippen LogP contribution in [0, 0.1) is 5.82 Å². The van der Waals surface area contributed by atoms with Crippen LogP contribution in [-0.4, -0.2) is 38.4 Å². The molecule has 2 fully saturated rings. The highest BCUT2D eigenvalue weighted by molar-refractivity contribution is 5.79. The predicted molar refractivity (Wildman–Crippen MR) is 109 cm³/mol. The van der Waals surface area contributed by atoms with E-state index >= 15 is 0 Å². The quantitative estimate of drug-likeness (QED) is 0.667. The summed E-state index contributed by atoms with van der Waals surface area (Å²) in [6, 6.07) is 10.5. The van der Waals surface area contributed by atoms with Crippen molar-refractivity contribution < 1.29 is 9.18 Å². The number of benzene rings is 1. The van der Waals surface area contributed by atoms with Crippen molar-refractivity contribution in [2.45, 2.75) is 50.5 Å². The lowest BCUT2D eigenvalue weighted by molar-refractivity contribution is -0.129. The van der Waals surface area contributed by atoms with Crippen LogP contribution in [0.4, 0.5) is 4.39 Å². The van der Waals surface area contributed by atoms with Gasteiger partial charge in [0.15, 0.2) is 5.65 Å². The van der Waals surface area contributed by atoms with Crippen LogP contribution in [0.25, 0.3) is 11.2 Å². The number of halogens is 1. The molecule has 0 bridgehead atoms. The topological polar surface area (TPSA) is 51.0 Å². The molecule has 0 radical (unpaired) electrons. The first-order valence-corrected chi connectivity index (χ1v) is 10.5. The molecule has 1 aliphatic heterocycles. The molecule has 29 heavy (non-hydrogen) atoms. The Morgan fingerprint density at radius 2 is 2.00 bits per heavy atom. The number of hydrogen-bond donors (Lipinski definition) is 0. The van der Waals surface area contributed by atoms with Crippen molar-refractivity contribution >= 4 is 17.1 Å². The third-order valence-corrected chi connectivity index (χ3v) is 6.32. The van der Waals surface area contributed by atoms with Gasteiger partial charge in [-0.2, -0.15) is 0 Å². The normalized spacial score (nSPS) is 20.0. The van der Waals surface area contributed by atoms with E-state index in [-0.39, 0.29) is 24.2 Å². The van der Waals surface area contributed by atoms with Crippen molar-refractivity contribution in [3.05, 3.63) is 59.8 Å². The average molecular weight is 392 g/mol. The monoisotopic (exact) mass is 392 g/mol. The van der Waals surface area contributed by atoms with Crippen LogP contribution in [-0.2, 0) is 11.2 Å². The second-order valence-corrected chi connectivity index (χ2v) is 8.26. The third-order valence-electron chi connectivity index (χ3n) is 6.32. The Bertz CT molecular complexity index is 1040. The van der Waals surface area contributed by atoms with Gasteiger partial charge in [0.25, 0.3) is 0 Å². The summed E-state index contributed by atoms with van der Waals surface area (Å²) in [5.74, 6) is 1.38. The first-order valence-electron chi connectivity index (χ1n) is 10.5. The number of likely N-dealkylation sites (tertiary alicyclic amines) is 1. The Morgan fingerprint density at radius 1 is 1.14 bits per heavy atom. The van der Waals surface area contributed by atoms with E-state index in [1.54, 1.807) is 12.1 Å². The number of nitrogens with zero attached hydrogens (tertiary/aromatic N) is 4. The smallest absolute Gasteiger partial charge is 0.227 e. The van der Waals surface area contributed by atoms with Crippen molar-refractivity contribution in [1.82, 2.24) is 19.4 Å². The number of hydrogen-bond acceptors (Lipinski definition) is 3. The van der Waals surface area contributed by atoms with Crippen LogP contribution >= 0.6 is 0 Å². The molecule has 1 unspecified atom stereocenters. The van der Waals surface area contributed by atoms with Crippen molar-refractivity contribution in [3.8, 4) is 0 Å². The van der Waals surface area contributed by atoms with Gasteiger partial charge in [-0.25, -0.2) is 14.4 Å². The van der Waals surface area contributed by atoms with E-state index in [1.165, 1.54) is 37.8 Å². The number of pyridine rings is 1. The van der Waals surface area contributed by atoms with Gasteiger partial charge in [0.05, 0.1) is 12.5 Å². The fourth-order valence-electron chi connectivity index (χ4n) is 4.89. The minimum Gasteiger partial charge on any atom is -0.340 e. The maximum Gasteiger partial charge on any atom is 0.227 e. The third kappa shape index (κ3) is 3.52. The molecule has 2 aliphatic rings. The summed E-state index contributed by atoms with van der Waals surface area (Å²) >= 11 is 0. The van der Waals surface area contributed by atoms with Gasteiger partial charge in [-0.05, 0) is 49.1 Å². The van der Waals surface area contributed by atoms with Crippen molar-refractivity contribution in [3.63, 3.8) is 0 Å². The Labute approximate surface area is 169 Å². The highest BCUT2D eigenvalue weighted by Crippen LogP contribution is 2.38. The molecule has 5 rings (SSSR count). The van der Waals surface area contributed by atoms with Gasteiger partial charge in [-0.15, -0.1) is 0 Å². The Balaban J connectivity index is 1.39. The zero-order valence-electron chi connectivity index (χ0n) is 16.4. The molecule has 1 amide bonds. The van der Waals surface area contributed by atoms with E-state index in [1.807, 2.05) is 23.2 Å². The fraction of sp³-hybridized carbons (Fsp3) is 0.435. The highest BCUT2D eigenvalue weighted by atomic mass is 19.1. The maximum absolute atomic E-state index is 13.4. The molecule has 3 aromatic rings. The van der Waals surface area contributed by atoms with Crippen LogP contribution < -0.4 is 0 Å². The average Bonchev–Trinajstić information content (AvgIpc) is 3.46. The molecule has 1 saturated heterocycles. The number of imidazole rings is 1. The second kappa shape index (κ2) is 7.58. The molecular weight excluding hydrogens is 367 g/mol. The largest absolute Gasteiger partial charge is 0.340 e. The maximum atomic E-state index is 13.4. The SMILES string of the molecule is O=C(Cc1cccc(F)c1)N1CCC(n2c(C3CCCC3)nc3cccnc32)C1. The first-order chi connectivity index (χ1) is 14.2. The Kier molecular flexibility index (Phi) is 4.78. The summed E-state index contributed by atoms with van der Waals surface area (Å²) in [4.78, 5) is 24.3. The Morgan fingerprint density at radius 3 is 2.83 bits per heavy atom. The molecule has 1 aliphatic carbocycles. The highest BCUT2D eigenvalue weighted by Gasteiger charge is 2.33. The first kappa shape index (κ1) is 18.3. The molecule has 1 saturated carbocycles. The summed E-state index contributed by atoms with van der Waals surface area (Å²) in [6.45, 7) is 1.38. The summed E-state index contributed by atoms with van der Waals surface area (Å²) in [6.07, 6.45) is 7.82. The number of carbonyl (C=O) groups is 1. The van der Waals surface area contributed by atoms with Crippen LogP contribution in [0.2, 0.25) is 0 Å². The number of aromatic nitrogens is 3. The summed E-state index contributed by atoms with van der Waals surface area (Å²) < 4.78 is 15.7. The fourth-order valence-corrected chi connectivity index (χ4v) is 4.89. The van der Waals surface area contributed by atoms with Gasteiger partial charge in [0, 0.05) is 25.2 Å². The number of fused-ring (bicyclic) bond motifs is 1. The van der Waals surface area contributed by atoms with E-state index in [4.69, 9.17) is 4.98 Å². The molecule has 6 heteroatoms. The van der Waals surface area contributed by atoms with Crippen LogP contribution in [0.1, 0.15) is 55.5 Å². The summed E-state index contributed by atoms with van der Waals surface area (Å²) in [5.41, 5.74) is 2.60. The van der Waals surface area contributed by atoms with Crippen LogP contribution in [0.15, 0.2) is 42.6 Å². The summed E-state index contributed by atoms with van der Waals surface area (Å²) in [7, 11) is 0. The van der Waals surface area contributed by atoms with E-state index in [2.05, 4.69) is 9.55 Å². The van der Waals surface area contributed by atoms with Gasteiger partial charge in [-0.1, -0.05) is 25.0 Å². The zero-order chi connectivity index (χ0) is 19.8. The lowest BCUT2D eigenvalue weighted by Gasteiger charge is -2.20. The van der Waals surface area contributed by atoms with E-state index in [0.717, 1.165) is 35.5 Å². The molecule has 0 spiro atoms. The van der Waals surface area contributed by atoms with Gasteiger partial charge in [0.2, 0.25) is 5.91 Å². The Hall–Kier alpha value is -2.76. The summed E-state index contributed by atoms with van der Waals surface area (Å²) in [5, 5.41) is 0. The minimum absolute atomic E-state index is 0.0536. The van der Waals surface area contributed by atoms with Crippen molar-refractivity contribution in [2.75, 3.05) is 13.1 Å². The van der Waals surface area contributed by atoms with Gasteiger partial charge >= 0.3 is 0 Å². The van der Waals surface area contributed by atoms with Gasteiger partial charge in [0.1, 0.15) is 17.2 Å². The van der Waals surface area contributed by atoms with Gasteiger partial charge in [-0.3, -0.25) is 4.79 Å². The predicted octanol–water partition coefficient (Wildman–Crippen LogP) is 4.24. The van der Waals surface area contributed by atoms with Crippen LogP contribution in [0.5, 0.6) is 0 Å². The second-order valence-electron chi connectivity index (χ2n) is 8.26. The van der Waals surface area contributed by atoms with E-state index in [0.29, 0.717) is 12.5 Å². The number of carbonyl (C=O) groups excluding carboxylic acids is 1. The van der Waals surface area contributed by atoms with Crippen molar-refractivity contribution in [1.29, 1.82) is 0 Å². The lowest BCUT2D eigenvalue weighted by atomic mass is 10.1. The van der Waals surface area contributed by atoms with E-state index in [9.17, 15) is 9.18 Å². The molecule has 5 nitrogen and oxygen atoms in total. The standard InChI is InChI=1S/C23H25FN4O/c24-18-8-3-5-16(13-18)14-21(29)27-12-10-19(15-27)28-22(17-6-1-2-7-17)26-20-9-4-11-25-23(20)28/h3-5,8-9,11,13,17,19H,1-2,6-7,10,12,14-15H2. The minimum atomic E-state index is -0.299.